The van der Waals surface area contributed by atoms with E-state index in [1.165, 1.54) is 24.3 Å². The maximum absolute atomic E-state index is 13.7. The molecule has 9 heteroatoms. The number of halogens is 5. The second-order valence-electron chi connectivity index (χ2n) is 6.13. The fourth-order valence-electron chi connectivity index (χ4n) is 2.76. The minimum absolute atomic E-state index is 0.167. The van der Waals surface area contributed by atoms with Gasteiger partial charge in [-0.05, 0) is 11.1 Å². The summed E-state index contributed by atoms with van der Waals surface area (Å²) in [5.41, 5.74) is -1.36. The van der Waals surface area contributed by atoms with Gasteiger partial charge in [0, 0.05) is 0 Å². The summed E-state index contributed by atoms with van der Waals surface area (Å²) in [7, 11) is 0. The zero-order valence-electron chi connectivity index (χ0n) is 15.0. The zero-order valence-corrected chi connectivity index (χ0v) is 15.0. The molecule has 1 amide bonds. The molecule has 4 nitrogen and oxygen atoms in total. The monoisotopic (exact) mass is 420 g/mol. The zero-order chi connectivity index (χ0) is 21.9. The van der Waals surface area contributed by atoms with E-state index in [-0.39, 0.29) is 17.3 Å². The van der Waals surface area contributed by atoms with Crippen molar-refractivity contribution in [3.05, 3.63) is 106 Å². The first kappa shape index (κ1) is 21.1. The van der Waals surface area contributed by atoms with E-state index in [1.54, 1.807) is 36.4 Å². The molecular weight excluding hydrogens is 407 g/mol. The molecule has 3 rings (SSSR count). The van der Waals surface area contributed by atoms with Crippen molar-refractivity contribution >= 4 is 12.1 Å². The van der Waals surface area contributed by atoms with Crippen LogP contribution in [0.2, 0.25) is 0 Å². The molecule has 0 unspecified atom stereocenters. The van der Waals surface area contributed by atoms with Crippen molar-refractivity contribution in [1.29, 1.82) is 0 Å². The van der Waals surface area contributed by atoms with Crippen LogP contribution in [0, 0.1) is 29.1 Å². The van der Waals surface area contributed by atoms with Gasteiger partial charge >= 0.3 is 0 Å². The number of hydrogen-bond acceptors (Lipinski definition) is 3. The standard InChI is InChI=1S/C21H13F5N2O2/c22-15-14(16(23)18(25)19(26)17(15)24)11-27-28-20(29)21(30,12-7-3-1-4-8-12)13-9-5-2-6-10-13/h1-11,30H,(H,28,29)/b27-11+. The summed E-state index contributed by atoms with van der Waals surface area (Å²) < 4.78 is 67.1. The molecule has 0 saturated heterocycles. The van der Waals surface area contributed by atoms with Gasteiger partial charge in [-0.3, -0.25) is 4.79 Å². The van der Waals surface area contributed by atoms with Gasteiger partial charge < -0.3 is 5.11 Å². The Balaban J connectivity index is 1.96. The minimum Gasteiger partial charge on any atom is -0.372 e. The average Bonchev–Trinajstić information content (AvgIpc) is 2.79. The number of aliphatic hydroxyl groups is 1. The normalized spacial score (nSPS) is 11.7. The fraction of sp³-hybridized carbons (Fsp3) is 0.0476. The number of carbonyl (C=O) groups is 1. The predicted molar refractivity (Wildman–Crippen MR) is 97.9 cm³/mol. The van der Waals surface area contributed by atoms with Crippen molar-refractivity contribution in [1.82, 2.24) is 5.43 Å². The maximum Gasteiger partial charge on any atom is 0.281 e. The Bertz CT molecular complexity index is 1040. The van der Waals surface area contributed by atoms with Crippen LogP contribution in [0.1, 0.15) is 16.7 Å². The predicted octanol–water partition coefficient (Wildman–Crippen LogP) is 3.77. The Morgan fingerprint density at radius 2 is 1.17 bits per heavy atom. The Hall–Kier alpha value is -3.59. The summed E-state index contributed by atoms with van der Waals surface area (Å²) in [6.07, 6.45) is 0.268. The summed E-state index contributed by atoms with van der Waals surface area (Å²) in [5.74, 6) is -11.9. The third kappa shape index (κ3) is 3.67. The highest BCUT2D eigenvalue weighted by Gasteiger charge is 2.40. The van der Waals surface area contributed by atoms with Gasteiger partial charge in [-0.1, -0.05) is 60.7 Å². The SMILES string of the molecule is O=C(N/N=C/c1c(F)c(F)c(F)c(F)c1F)C(O)(c1ccccc1)c1ccccc1. The number of hydrazone groups is 1. The Kier molecular flexibility index (Phi) is 5.93. The van der Waals surface area contributed by atoms with Crippen LogP contribution in [0.15, 0.2) is 65.8 Å². The van der Waals surface area contributed by atoms with Crippen molar-refractivity contribution in [2.24, 2.45) is 5.10 Å². The average molecular weight is 420 g/mol. The van der Waals surface area contributed by atoms with Crippen LogP contribution in [-0.4, -0.2) is 17.2 Å². The lowest BCUT2D eigenvalue weighted by Gasteiger charge is -2.27. The number of carbonyl (C=O) groups excluding carboxylic acids is 1. The van der Waals surface area contributed by atoms with E-state index in [0.29, 0.717) is 0 Å². The quantitative estimate of drug-likeness (QED) is 0.217. The Labute approximate surface area is 167 Å². The fourth-order valence-corrected chi connectivity index (χ4v) is 2.76. The molecule has 3 aromatic rings. The van der Waals surface area contributed by atoms with Gasteiger partial charge in [0.1, 0.15) is 0 Å². The number of hydrogen-bond donors (Lipinski definition) is 2. The largest absolute Gasteiger partial charge is 0.372 e. The molecule has 154 valence electrons. The number of benzene rings is 3. The van der Waals surface area contributed by atoms with Gasteiger partial charge in [-0.15, -0.1) is 0 Å². The molecule has 0 saturated carbocycles. The number of rotatable bonds is 5. The van der Waals surface area contributed by atoms with E-state index in [4.69, 9.17) is 0 Å². The molecule has 0 radical (unpaired) electrons. The first-order valence-corrected chi connectivity index (χ1v) is 8.46. The lowest BCUT2D eigenvalue weighted by atomic mass is 9.85. The van der Waals surface area contributed by atoms with Crippen LogP contribution in [0.3, 0.4) is 0 Å². The molecule has 0 aliphatic rings. The van der Waals surface area contributed by atoms with Crippen LogP contribution < -0.4 is 5.43 Å². The second kappa shape index (κ2) is 8.42. The van der Waals surface area contributed by atoms with E-state index in [2.05, 4.69) is 5.10 Å². The molecule has 0 heterocycles. The molecule has 0 bridgehead atoms. The van der Waals surface area contributed by atoms with Crippen LogP contribution in [0.5, 0.6) is 0 Å². The lowest BCUT2D eigenvalue weighted by Crippen LogP contribution is -2.43. The molecular formula is C21H13F5N2O2. The maximum atomic E-state index is 13.7. The van der Waals surface area contributed by atoms with Gasteiger partial charge in [0.15, 0.2) is 28.9 Å². The van der Waals surface area contributed by atoms with E-state index >= 15 is 0 Å². The van der Waals surface area contributed by atoms with Crippen LogP contribution in [-0.2, 0) is 10.4 Å². The highest BCUT2D eigenvalue weighted by atomic mass is 19.2. The second-order valence-corrected chi connectivity index (χ2v) is 6.13. The third-order valence-corrected chi connectivity index (χ3v) is 4.32. The molecule has 0 fully saturated rings. The topological polar surface area (TPSA) is 61.7 Å². The van der Waals surface area contributed by atoms with Crippen LogP contribution in [0.4, 0.5) is 22.0 Å². The molecule has 3 aromatic carbocycles. The van der Waals surface area contributed by atoms with E-state index < -0.39 is 46.2 Å². The van der Waals surface area contributed by atoms with Crippen LogP contribution in [0.25, 0.3) is 0 Å². The third-order valence-electron chi connectivity index (χ3n) is 4.32. The van der Waals surface area contributed by atoms with E-state index in [0.717, 1.165) is 0 Å². The van der Waals surface area contributed by atoms with Crippen LogP contribution >= 0.6 is 0 Å². The first-order valence-electron chi connectivity index (χ1n) is 8.46. The van der Waals surface area contributed by atoms with Crippen molar-refractivity contribution < 1.29 is 31.9 Å². The van der Waals surface area contributed by atoms with Gasteiger partial charge in [-0.25, -0.2) is 27.4 Å². The van der Waals surface area contributed by atoms with Crippen molar-refractivity contribution in [2.75, 3.05) is 0 Å². The molecule has 0 spiro atoms. The lowest BCUT2D eigenvalue weighted by molar-refractivity contribution is -0.136. The number of nitrogens with one attached hydrogen (secondary N) is 1. The minimum atomic E-state index is -2.31. The van der Waals surface area contributed by atoms with Crippen molar-refractivity contribution in [3.8, 4) is 0 Å². The summed E-state index contributed by atoms with van der Waals surface area (Å²) in [4.78, 5) is 12.7. The highest BCUT2D eigenvalue weighted by Crippen LogP contribution is 2.30. The summed E-state index contributed by atoms with van der Waals surface area (Å²) in [6.45, 7) is 0. The summed E-state index contributed by atoms with van der Waals surface area (Å²) >= 11 is 0. The van der Waals surface area contributed by atoms with Crippen molar-refractivity contribution in [3.63, 3.8) is 0 Å². The molecule has 0 aliphatic carbocycles. The number of nitrogens with zero attached hydrogens (tertiary/aromatic N) is 1. The van der Waals surface area contributed by atoms with Crippen molar-refractivity contribution in [2.45, 2.75) is 5.60 Å². The Morgan fingerprint density at radius 3 is 1.60 bits per heavy atom. The van der Waals surface area contributed by atoms with E-state index in [9.17, 15) is 31.9 Å². The van der Waals surface area contributed by atoms with E-state index in [1.807, 2.05) is 5.43 Å². The highest BCUT2D eigenvalue weighted by molar-refractivity contribution is 5.91. The molecule has 0 atom stereocenters. The van der Waals surface area contributed by atoms with Gasteiger partial charge in [-0.2, -0.15) is 5.10 Å². The first-order chi connectivity index (χ1) is 14.3. The smallest absolute Gasteiger partial charge is 0.281 e. The molecule has 0 aromatic heterocycles. The van der Waals surface area contributed by atoms with Gasteiger partial charge in [0.05, 0.1) is 11.8 Å². The van der Waals surface area contributed by atoms with Gasteiger partial charge in [0.25, 0.3) is 5.91 Å². The molecule has 30 heavy (non-hydrogen) atoms. The summed E-state index contributed by atoms with van der Waals surface area (Å²) in [5, 5.41) is 14.4. The Morgan fingerprint density at radius 1 is 0.767 bits per heavy atom. The summed E-state index contributed by atoms with van der Waals surface area (Å²) in [6, 6.07) is 15.5. The molecule has 2 N–H and O–H groups in total. The van der Waals surface area contributed by atoms with Gasteiger partial charge in [0.2, 0.25) is 5.82 Å². The number of amides is 1. The molecule has 0 aliphatic heterocycles.